The Hall–Kier alpha value is -2.34. The number of aryl methyl sites for hydroxylation is 1. The van der Waals surface area contributed by atoms with Crippen LogP contribution in [0.4, 0.5) is 5.69 Å². The lowest BCUT2D eigenvalue weighted by atomic mass is 10.1. The monoisotopic (exact) mass is 346 g/mol. The number of anilines is 1. The van der Waals surface area contributed by atoms with Crippen LogP contribution in [0.5, 0.6) is 0 Å². The number of rotatable bonds is 7. The van der Waals surface area contributed by atoms with Gasteiger partial charge in [-0.2, -0.15) is 0 Å². The van der Waals surface area contributed by atoms with Crippen LogP contribution in [0.1, 0.15) is 35.7 Å². The third-order valence-corrected chi connectivity index (χ3v) is 4.94. The van der Waals surface area contributed by atoms with E-state index in [-0.39, 0.29) is 16.5 Å². The molecule has 0 heterocycles. The third-order valence-electron chi connectivity index (χ3n) is 3.56. The first kappa shape index (κ1) is 18.0. The van der Waals surface area contributed by atoms with E-state index >= 15 is 0 Å². The molecule has 0 spiro atoms. The summed E-state index contributed by atoms with van der Waals surface area (Å²) in [6.45, 7) is 4.49. The molecule has 2 aromatic rings. The first-order valence-corrected chi connectivity index (χ1v) is 9.39. The van der Waals surface area contributed by atoms with Gasteiger partial charge in [0.1, 0.15) is 0 Å². The molecular weight excluding hydrogens is 324 g/mol. The predicted molar refractivity (Wildman–Crippen MR) is 95.7 cm³/mol. The summed E-state index contributed by atoms with van der Waals surface area (Å²) in [5.74, 6) is -0.286. The van der Waals surface area contributed by atoms with Crippen molar-refractivity contribution in [2.75, 3.05) is 11.3 Å². The fraction of sp³-hybridized carbons (Fsp3) is 0.278. The van der Waals surface area contributed by atoms with Crippen LogP contribution in [0.2, 0.25) is 0 Å². The fourth-order valence-corrected chi connectivity index (χ4v) is 3.24. The molecule has 2 rings (SSSR count). The molecule has 0 bridgehead atoms. The largest absolute Gasteiger partial charge is 0.352 e. The molecule has 6 heteroatoms. The Kier molecular flexibility index (Phi) is 5.98. The summed E-state index contributed by atoms with van der Waals surface area (Å²) >= 11 is 0. The van der Waals surface area contributed by atoms with E-state index in [4.69, 9.17) is 0 Å². The minimum absolute atomic E-state index is 0.161. The van der Waals surface area contributed by atoms with Gasteiger partial charge in [-0.15, -0.1) is 0 Å². The fourth-order valence-electron chi connectivity index (χ4n) is 2.17. The summed E-state index contributed by atoms with van der Waals surface area (Å²) in [5, 5.41) is 2.80. The van der Waals surface area contributed by atoms with Crippen molar-refractivity contribution in [2.24, 2.45) is 0 Å². The van der Waals surface area contributed by atoms with Crippen molar-refractivity contribution >= 4 is 21.6 Å². The summed E-state index contributed by atoms with van der Waals surface area (Å²) in [5.41, 5.74) is 1.56. The molecule has 0 radical (unpaired) electrons. The summed E-state index contributed by atoms with van der Waals surface area (Å²) in [6.07, 6.45) is 1.85. The Morgan fingerprint density at radius 2 is 1.71 bits per heavy atom. The lowest BCUT2D eigenvalue weighted by molar-refractivity contribution is 0.0954. The van der Waals surface area contributed by atoms with Gasteiger partial charge >= 0.3 is 0 Å². The number of carbonyl (C=O) groups is 1. The molecule has 0 aliphatic rings. The zero-order valence-electron chi connectivity index (χ0n) is 13.9. The average Bonchev–Trinajstić information content (AvgIpc) is 2.55. The van der Waals surface area contributed by atoms with Crippen LogP contribution in [0.15, 0.2) is 53.4 Å². The highest BCUT2D eigenvalue weighted by atomic mass is 32.2. The second kappa shape index (κ2) is 7.97. The Morgan fingerprint density at radius 1 is 1.04 bits per heavy atom. The van der Waals surface area contributed by atoms with E-state index in [1.807, 2.05) is 13.8 Å². The predicted octanol–water partition coefficient (Wildman–Crippen LogP) is 3.33. The molecular formula is C18H22N2O3S. The van der Waals surface area contributed by atoms with Gasteiger partial charge in [-0.1, -0.05) is 43.2 Å². The second-order valence-electron chi connectivity index (χ2n) is 5.57. The highest BCUT2D eigenvalue weighted by Gasteiger charge is 2.18. The second-order valence-corrected chi connectivity index (χ2v) is 7.26. The Labute approximate surface area is 143 Å². The van der Waals surface area contributed by atoms with Gasteiger partial charge in [0.15, 0.2) is 0 Å². The van der Waals surface area contributed by atoms with Gasteiger partial charge in [-0.05, 0) is 37.6 Å². The maximum Gasteiger partial charge on any atom is 0.261 e. The molecule has 0 atom stereocenters. The average molecular weight is 346 g/mol. The van der Waals surface area contributed by atoms with Crippen molar-refractivity contribution in [3.8, 4) is 0 Å². The molecule has 0 aliphatic carbocycles. The van der Waals surface area contributed by atoms with Gasteiger partial charge in [0.25, 0.3) is 15.9 Å². The van der Waals surface area contributed by atoms with Crippen LogP contribution >= 0.6 is 0 Å². The van der Waals surface area contributed by atoms with Gasteiger partial charge in [-0.3, -0.25) is 9.52 Å². The number of unbranched alkanes of at least 4 members (excludes halogenated alkanes) is 1. The van der Waals surface area contributed by atoms with Crippen molar-refractivity contribution in [1.82, 2.24) is 5.32 Å². The van der Waals surface area contributed by atoms with Crippen molar-refractivity contribution in [3.05, 3.63) is 59.7 Å². The highest BCUT2D eigenvalue weighted by molar-refractivity contribution is 7.92. The van der Waals surface area contributed by atoms with Crippen LogP contribution in [-0.4, -0.2) is 20.9 Å². The first-order valence-electron chi connectivity index (χ1n) is 7.91. The number of carbonyl (C=O) groups excluding carboxylic acids is 1. The zero-order valence-corrected chi connectivity index (χ0v) is 14.7. The number of benzene rings is 2. The van der Waals surface area contributed by atoms with Crippen molar-refractivity contribution in [2.45, 2.75) is 31.6 Å². The summed E-state index contributed by atoms with van der Waals surface area (Å²) in [6, 6.07) is 13.1. The van der Waals surface area contributed by atoms with E-state index in [0.717, 1.165) is 18.4 Å². The summed E-state index contributed by atoms with van der Waals surface area (Å²) < 4.78 is 27.5. The molecule has 0 aliphatic heterocycles. The van der Waals surface area contributed by atoms with Gasteiger partial charge in [0.2, 0.25) is 0 Å². The molecule has 2 N–H and O–H groups in total. The zero-order chi connectivity index (χ0) is 17.6. The van der Waals surface area contributed by atoms with E-state index in [0.29, 0.717) is 12.1 Å². The number of hydrogen-bond donors (Lipinski definition) is 2. The molecule has 0 saturated heterocycles. The molecule has 128 valence electrons. The topological polar surface area (TPSA) is 75.3 Å². The quantitative estimate of drug-likeness (QED) is 0.755. The van der Waals surface area contributed by atoms with Crippen molar-refractivity contribution in [3.63, 3.8) is 0 Å². The van der Waals surface area contributed by atoms with E-state index in [1.165, 1.54) is 0 Å². The molecule has 2 aromatic carbocycles. The lowest BCUT2D eigenvalue weighted by Gasteiger charge is -2.13. The Bertz CT molecular complexity index is 799. The number of para-hydroxylation sites is 1. The number of hydrogen-bond acceptors (Lipinski definition) is 3. The number of nitrogens with one attached hydrogen (secondary N) is 2. The summed E-state index contributed by atoms with van der Waals surface area (Å²) in [7, 11) is -3.74. The molecule has 5 nitrogen and oxygen atoms in total. The van der Waals surface area contributed by atoms with Crippen LogP contribution in [-0.2, 0) is 10.0 Å². The number of amides is 1. The van der Waals surface area contributed by atoms with Gasteiger partial charge < -0.3 is 5.32 Å². The summed E-state index contributed by atoms with van der Waals surface area (Å²) in [4.78, 5) is 12.4. The highest BCUT2D eigenvalue weighted by Crippen LogP contribution is 2.20. The normalized spacial score (nSPS) is 11.1. The molecule has 24 heavy (non-hydrogen) atoms. The van der Waals surface area contributed by atoms with E-state index in [9.17, 15) is 13.2 Å². The first-order chi connectivity index (χ1) is 11.4. The smallest absolute Gasteiger partial charge is 0.261 e. The van der Waals surface area contributed by atoms with Crippen LogP contribution in [0, 0.1) is 6.92 Å². The van der Waals surface area contributed by atoms with Crippen LogP contribution in [0.25, 0.3) is 0 Å². The van der Waals surface area contributed by atoms with Gasteiger partial charge in [-0.25, -0.2) is 8.42 Å². The van der Waals surface area contributed by atoms with Crippen molar-refractivity contribution in [1.29, 1.82) is 0 Å². The van der Waals surface area contributed by atoms with Gasteiger partial charge in [0.05, 0.1) is 16.1 Å². The molecule has 0 aromatic heterocycles. The Balaban J connectivity index is 2.23. The van der Waals surface area contributed by atoms with Crippen LogP contribution < -0.4 is 10.0 Å². The van der Waals surface area contributed by atoms with E-state index < -0.39 is 10.0 Å². The lowest BCUT2D eigenvalue weighted by Crippen LogP contribution is -2.26. The van der Waals surface area contributed by atoms with Gasteiger partial charge in [0, 0.05) is 6.54 Å². The molecule has 0 unspecified atom stereocenters. The SMILES string of the molecule is CCCCNC(=O)c1ccccc1NS(=O)(=O)c1ccc(C)cc1. The standard InChI is InChI=1S/C18H22N2O3S/c1-3-4-13-19-18(21)16-7-5-6-8-17(16)20-24(22,23)15-11-9-14(2)10-12-15/h5-12,20H,3-4,13H2,1-2H3,(H,19,21). The molecule has 0 fully saturated rings. The maximum atomic E-state index is 12.5. The third kappa shape index (κ3) is 4.58. The minimum atomic E-state index is -3.74. The molecule has 1 amide bonds. The van der Waals surface area contributed by atoms with Crippen molar-refractivity contribution < 1.29 is 13.2 Å². The molecule has 0 saturated carbocycles. The van der Waals surface area contributed by atoms with E-state index in [2.05, 4.69) is 10.0 Å². The van der Waals surface area contributed by atoms with E-state index in [1.54, 1.807) is 48.5 Å². The number of sulfonamides is 1. The maximum absolute atomic E-state index is 12.5. The minimum Gasteiger partial charge on any atom is -0.352 e. The van der Waals surface area contributed by atoms with Crippen LogP contribution in [0.3, 0.4) is 0 Å². The Morgan fingerprint density at radius 3 is 2.38 bits per heavy atom.